The van der Waals surface area contributed by atoms with Gasteiger partial charge in [0, 0.05) is 32.5 Å². The van der Waals surface area contributed by atoms with E-state index in [1.807, 2.05) is 18.2 Å². The predicted molar refractivity (Wildman–Crippen MR) is 169 cm³/mol. The smallest absolute Gasteiger partial charge is 0.307 e. The lowest BCUT2D eigenvalue weighted by Crippen LogP contribution is -1.94. The number of fused-ring (bicyclic) bond motifs is 5. The number of benzene rings is 6. The lowest BCUT2D eigenvalue weighted by atomic mass is 10.0. The first-order valence-electron chi connectivity index (χ1n) is 14.2. The van der Waals surface area contributed by atoms with Gasteiger partial charge >= 0.3 is 6.01 Å². The molecular formula is C37H19N3O2. The Hall–Kier alpha value is -5.81. The Balaban J connectivity index is 1.37. The van der Waals surface area contributed by atoms with Gasteiger partial charge in [-0.25, -0.2) is 0 Å². The molecule has 6 aromatic carbocycles. The largest absolute Gasteiger partial charge is 0.456 e. The molecule has 0 saturated carbocycles. The molecular weight excluding hydrogens is 518 g/mol. The normalized spacial score (nSPS) is 12.8. The fourth-order valence-electron chi connectivity index (χ4n) is 7.46. The number of oxazole rings is 1. The summed E-state index contributed by atoms with van der Waals surface area (Å²) in [5.74, 6) is 0. The highest BCUT2D eigenvalue weighted by atomic mass is 16.4. The van der Waals surface area contributed by atoms with Crippen molar-refractivity contribution in [1.82, 2.24) is 14.0 Å². The molecule has 42 heavy (non-hydrogen) atoms. The molecule has 0 radical (unpaired) electrons. The van der Waals surface area contributed by atoms with Gasteiger partial charge < -0.3 is 13.2 Å². The molecule has 5 aromatic heterocycles. The zero-order valence-corrected chi connectivity index (χ0v) is 22.1. The molecule has 0 spiro atoms. The summed E-state index contributed by atoms with van der Waals surface area (Å²) >= 11 is 0. The van der Waals surface area contributed by atoms with Crippen LogP contribution in [0.25, 0.3) is 99.3 Å². The molecule has 0 N–H and O–H groups in total. The monoisotopic (exact) mass is 537 g/mol. The van der Waals surface area contributed by atoms with Gasteiger partial charge in [-0.15, -0.1) is 0 Å². The quantitative estimate of drug-likeness (QED) is 0.220. The number of para-hydroxylation sites is 2. The van der Waals surface area contributed by atoms with Crippen molar-refractivity contribution < 1.29 is 8.83 Å². The zero-order chi connectivity index (χ0) is 27.1. The first kappa shape index (κ1) is 21.0. The third kappa shape index (κ3) is 2.33. The fourth-order valence-corrected chi connectivity index (χ4v) is 7.46. The molecule has 0 aliphatic heterocycles. The van der Waals surface area contributed by atoms with Crippen LogP contribution in [0.4, 0.5) is 0 Å². The standard InChI is InChI=1S/C37H19N3O2/c1-2-8-20(9-3-1)21-11-6-15-30-35(21)38-37(42-30)40-26-14-7-13-25-31(26)32-27(40)17-19-28-33(32)34-29(41-28)18-16-23-22-10-4-5-12-24(22)39(25)36(23)34/h1-19H. The summed E-state index contributed by atoms with van der Waals surface area (Å²) in [5, 5.41) is 7.12. The SMILES string of the molecule is c1ccc(-c2cccc3oc(-n4c5ccc6oc7ccc8c9ccccc9n9c%10cccc4c%10c5c6c7c89)nc23)cc1. The number of nitrogens with zero attached hydrogens (tertiary/aromatic N) is 3. The highest BCUT2D eigenvalue weighted by molar-refractivity contribution is 6.36. The second kappa shape index (κ2) is 7.09. The van der Waals surface area contributed by atoms with Gasteiger partial charge in [-0.3, -0.25) is 4.57 Å². The van der Waals surface area contributed by atoms with E-state index in [1.54, 1.807) is 0 Å². The van der Waals surface area contributed by atoms with Crippen LogP contribution in [0.1, 0.15) is 0 Å². The van der Waals surface area contributed by atoms with Crippen LogP contribution in [0.2, 0.25) is 0 Å². The third-order valence-corrected chi connectivity index (χ3v) is 9.09. The summed E-state index contributed by atoms with van der Waals surface area (Å²) in [4.78, 5) is 5.15. The van der Waals surface area contributed by atoms with Crippen molar-refractivity contribution in [2.24, 2.45) is 0 Å². The molecule has 0 fully saturated rings. The summed E-state index contributed by atoms with van der Waals surface area (Å²) in [6.45, 7) is 0. The second-order valence-corrected chi connectivity index (χ2v) is 11.1. The number of rotatable bonds is 2. The lowest BCUT2D eigenvalue weighted by Gasteiger charge is -2.04. The van der Waals surface area contributed by atoms with Crippen molar-refractivity contribution in [3.8, 4) is 17.1 Å². The number of furan rings is 1. The second-order valence-electron chi connectivity index (χ2n) is 11.1. The van der Waals surface area contributed by atoms with Crippen LogP contribution < -0.4 is 0 Å². The number of aromatic nitrogens is 3. The van der Waals surface area contributed by atoms with E-state index in [0.717, 1.165) is 60.7 Å². The third-order valence-electron chi connectivity index (χ3n) is 9.09. The van der Waals surface area contributed by atoms with Gasteiger partial charge in [0.15, 0.2) is 5.58 Å². The topological polar surface area (TPSA) is 48.5 Å². The van der Waals surface area contributed by atoms with E-state index < -0.39 is 0 Å². The number of hydrogen-bond acceptors (Lipinski definition) is 3. The first-order valence-corrected chi connectivity index (χ1v) is 14.2. The molecule has 0 saturated heterocycles. The minimum absolute atomic E-state index is 0.556. The summed E-state index contributed by atoms with van der Waals surface area (Å²) < 4.78 is 17.7. The maximum atomic E-state index is 6.56. The Morgan fingerprint density at radius 3 is 2.19 bits per heavy atom. The van der Waals surface area contributed by atoms with Gasteiger partial charge in [-0.2, -0.15) is 4.98 Å². The van der Waals surface area contributed by atoms with E-state index in [0.29, 0.717) is 6.01 Å². The molecule has 5 heteroatoms. The predicted octanol–water partition coefficient (Wildman–Crippen LogP) is 9.93. The van der Waals surface area contributed by atoms with Gasteiger partial charge in [-0.05, 0) is 54.1 Å². The van der Waals surface area contributed by atoms with E-state index in [4.69, 9.17) is 13.8 Å². The van der Waals surface area contributed by atoms with Crippen LogP contribution >= 0.6 is 0 Å². The molecule has 0 bridgehead atoms. The van der Waals surface area contributed by atoms with Crippen molar-refractivity contribution in [3.63, 3.8) is 0 Å². The molecule has 0 unspecified atom stereocenters. The maximum absolute atomic E-state index is 6.56. The molecule has 11 rings (SSSR count). The summed E-state index contributed by atoms with van der Waals surface area (Å²) in [5.41, 5.74) is 11.2. The van der Waals surface area contributed by atoms with E-state index in [-0.39, 0.29) is 0 Å². The van der Waals surface area contributed by atoms with Gasteiger partial charge in [0.25, 0.3) is 0 Å². The van der Waals surface area contributed by atoms with Crippen LogP contribution in [0, 0.1) is 0 Å². The van der Waals surface area contributed by atoms with Crippen molar-refractivity contribution in [1.29, 1.82) is 0 Å². The van der Waals surface area contributed by atoms with Crippen LogP contribution in [0.5, 0.6) is 0 Å². The summed E-state index contributed by atoms with van der Waals surface area (Å²) in [7, 11) is 0. The van der Waals surface area contributed by atoms with E-state index >= 15 is 0 Å². The molecule has 0 aliphatic carbocycles. The molecule has 194 valence electrons. The lowest BCUT2D eigenvalue weighted by molar-refractivity contribution is 0.574. The fraction of sp³-hybridized carbons (Fsp3) is 0. The maximum Gasteiger partial charge on any atom is 0.307 e. The highest BCUT2D eigenvalue weighted by Crippen LogP contribution is 2.48. The summed E-state index contributed by atoms with van der Waals surface area (Å²) in [6.07, 6.45) is 0. The van der Waals surface area contributed by atoms with Crippen LogP contribution in [0.15, 0.2) is 124 Å². The van der Waals surface area contributed by atoms with Crippen molar-refractivity contribution in [2.75, 3.05) is 0 Å². The molecule has 0 aliphatic rings. The molecule has 5 nitrogen and oxygen atoms in total. The van der Waals surface area contributed by atoms with E-state index in [2.05, 4.69) is 106 Å². The zero-order valence-electron chi connectivity index (χ0n) is 22.1. The van der Waals surface area contributed by atoms with Crippen LogP contribution in [-0.2, 0) is 0 Å². The van der Waals surface area contributed by atoms with Gasteiger partial charge in [0.05, 0.1) is 33.0 Å². The van der Waals surface area contributed by atoms with Gasteiger partial charge in [0.2, 0.25) is 0 Å². The van der Waals surface area contributed by atoms with Gasteiger partial charge in [0.1, 0.15) is 16.7 Å². The van der Waals surface area contributed by atoms with E-state index in [9.17, 15) is 0 Å². The molecule has 0 amide bonds. The van der Waals surface area contributed by atoms with Crippen molar-refractivity contribution >= 4 is 82.2 Å². The highest BCUT2D eigenvalue weighted by Gasteiger charge is 2.27. The van der Waals surface area contributed by atoms with Crippen molar-refractivity contribution in [2.45, 2.75) is 0 Å². The minimum Gasteiger partial charge on any atom is -0.456 e. The molecule has 0 atom stereocenters. The average Bonchev–Trinajstić information content (AvgIpc) is 3.77. The van der Waals surface area contributed by atoms with Crippen molar-refractivity contribution in [3.05, 3.63) is 115 Å². The Morgan fingerprint density at radius 1 is 0.476 bits per heavy atom. The van der Waals surface area contributed by atoms with Crippen LogP contribution in [0.3, 0.4) is 0 Å². The Bertz CT molecular complexity index is 2850. The molecule has 11 aromatic rings. The summed E-state index contributed by atoms with van der Waals surface area (Å²) in [6, 6.07) is 40.8. The van der Waals surface area contributed by atoms with E-state index in [1.165, 1.54) is 32.6 Å². The van der Waals surface area contributed by atoms with Crippen LogP contribution in [-0.4, -0.2) is 14.0 Å². The average molecular weight is 538 g/mol. The Kier molecular flexibility index (Phi) is 3.54. The molecule has 5 heterocycles. The van der Waals surface area contributed by atoms with Gasteiger partial charge in [-0.1, -0.05) is 66.7 Å². The Labute approximate surface area is 237 Å². The first-order chi connectivity index (χ1) is 20.8. The number of hydrogen-bond donors (Lipinski definition) is 0. The Morgan fingerprint density at radius 2 is 1.24 bits per heavy atom. The minimum atomic E-state index is 0.556.